The molecule has 0 saturated carbocycles. The highest BCUT2D eigenvalue weighted by Crippen LogP contribution is 2.63. The fourth-order valence-electron chi connectivity index (χ4n) is 11.2. The first kappa shape index (κ1) is 34.5. The Morgan fingerprint density at radius 2 is 1.03 bits per heavy atom. The van der Waals surface area contributed by atoms with E-state index in [4.69, 9.17) is 9.73 Å². The van der Waals surface area contributed by atoms with Gasteiger partial charge in [-0.2, -0.15) is 0 Å². The number of hydrogen-bond acceptors (Lipinski definition) is 3. The zero-order valence-electron chi connectivity index (χ0n) is 34.1. The number of nitrogens with one attached hydrogen (secondary N) is 1. The third kappa shape index (κ3) is 4.72. The van der Waals surface area contributed by atoms with E-state index >= 15 is 0 Å². The highest BCUT2D eigenvalue weighted by molar-refractivity contribution is 6.24. The minimum absolute atomic E-state index is 0.205. The Balaban J connectivity index is 0.982. The number of fused-ring (bicyclic) bond motifs is 16. The summed E-state index contributed by atoms with van der Waals surface area (Å²) in [6, 6.07) is 75.0. The van der Waals surface area contributed by atoms with Gasteiger partial charge in [0.05, 0.1) is 16.4 Å². The Labute approximate surface area is 364 Å². The average Bonchev–Trinajstić information content (AvgIpc) is 4.10. The van der Waals surface area contributed by atoms with Crippen molar-refractivity contribution in [3.8, 4) is 33.4 Å². The van der Waals surface area contributed by atoms with Gasteiger partial charge < -0.3 is 10.1 Å². The average molecular weight is 804 g/mol. The molecule has 1 atom stereocenters. The third-order valence-corrected chi connectivity index (χ3v) is 13.9. The van der Waals surface area contributed by atoms with Crippen molar-refractivity contribution in [1.29, 1.82) is 0 Å². The molecule has 14 rings (SSSR count). The second kappa shape index (κ2) is 12.9. The van der Waals surface area contributed by atoms with Crippen molar-refractivity contribution in [3.63, 3.8) is 0 Å². The van der Waals surface area contributed by atoms with Gasteiger partial charge in [0.1, 0.15) is 17.5 Å². The van der Waals surface area contributed by atoms with E-state index in [0.717, 1.165) is 45.3 Å². The number of aliphatic imine (C=N–C) groups is 1. The summed E-state index contributed by atoms with van der Waals surface area (Å²) in [5, 5.41) is 8.63. The van der Waals surface area contributed by atoms with Crippen LogP contribution in [0.2, 0.25) is 0 Å². The highest BCUT2D eigenvalue weighted by Gasteiger charge is 2.51. The molecule has 63 heavy (non-hydrogen) atoms. The SMILES string of the molecule is C1=C(c2ccccc2)OC2=C(c3ccccc3)N=C(n3c4ccc(-c5ccc6c(c5)C5(c7ccccc7-c7ccccc75)c5ccccc5-6)cc4c4c5ccccc5ccc43)N[C@H]12. The first-order valence-electron chi connectivity index (χ1n) is 21.7. The smallest absolute Gasteiger partial charge is 0.209 e. The Morgan fingerprint density at radius 1 is 0.460 bits per heavy atom. The number of ether oxygens (including phenoxy) is 1. The molecule has 2 aliphatic carbocycles. The van der Waals surface area contributed by atoms with E-state index in [1.165, 1.54) is 77.2 Å². The Bertz CT molecular complexity index is 3620. The maximum atomic E-state index is 6.67. The van der Waals surface area contributed by atoms with Gasteiger partial charge in [0.2, 0.25) is 5.96 Å². The fraction of sp³-hybridized carbons (Fsp3) is 0.0339. The van der Waals surface area contributed by atoms with Crippen molar-refractivity contribution in [2.45, 2.75) is 11.5 Å². The van der Waals surface area contributed by atoms with Gasteiger partial charge >= 0.3 is 0 Å². The molecule has 0 amide bonds. The van der Waals surface area contributed by atoms with Gasteiger partial charge in [0.25, 0.3) is 0 Å². The van der Waals surface area contributed by atoms with Gasteiger partial charge in [-0.3, -0.25) is 4.57 Å². The summed E-state index contributed by atoms with van der Waals surface area (Å²) < 4.78 is 8.98. The lowest BCUT2D eigenvalue weighted by Gasteiger charge is -2.30. The van der Waals surface area contributed by atoms with Crippen LogP contribution in [-0.4, -0.2) is 16.6 Å². The topological polar surface area (TPSA) is 38.5 Å². The van der Waals surface area contributed by atoms with Crippen molar-refractivity contribution in [2.24, 2.45) is 4.99 Å². The van der Waals surface area contributed by atoms with E-state index < -0.39 is 5.41 Å². The van der Waals surface area contributed by atoms with Crippen LogP contribution in [0.5, 0.6) is 0 Å². The number of hydrogen-bond donors (Lipinski definition) is 1. The number of aromatic nitrogens is 1. The number of benzene rings is 9. The quantitative estimate of drug-likeness (QED) is 0.193. The Morgan fingerprint density at radius 3 is 1.75 bits per heavy atom. The lowest BCUT2D eigenvalue weighted by Crippen LogP contribution is -2.40. The predicted molar refractivity (Wildman–Crippen MR) is 257 cm³/mol. The van der Waals surface area contributed by atoms with Crippen molar-refractivity contribution >= 4 is 50.0 Å². The molecule has 0 radical (unpaired) electrons. The van der Waals surface area contributed by atoms with Crippen LogP contribution in [0, 0.1) is 0 Å². The summed E-state index contributed by atoms with van der Waals surface area (Å²) in [4.78, 5) is 5.45. The van der Waals surface area contributed by atoms with E-state index in [0.29, 0.717) is 0 Å². The molecule has 9 aromatic carbocycles. The van der Waals surface area contributed by atoms with E-state index in [2.05, 4.69) is 198 Å². The van der Waals surface area contributed by atoms with Gasteiger partial charge in [0, 0.05) is 21.9 Å². The Hall–Kier alpha value is -8.21. The molecule has 2 aliphatic heterocycles. The monoisotopic (exact) mass is 803 g/mol. The first-order valence-corrected chi connectivity index (χ1v) is 21.7. The minimum atomic E-state index is -0.405. The van der Waals surface area contributed by atoms with E-state index in [9.17, 15) is 0 Å². The fourth-order valence-corrected chi connectivity index (χ4v) is 11.2. The first-order chi connectivity index (χ1) is 31.2. The molecule has 0 fully saturated rings. The molecule has 1 spiro atoms. The van der Waals surface area contributed by atoms with Crippen LogP contribution in [0.15, 0.2) is 223 Å². The van der Waals surface area contributed by atoms with E-state index in [1.54, 1.807) is 0 Å². The van der Waals surface area contributed by atoms with Gasteiger partial charge in [-0.15, -0.1) is 0 Å². The van der Waals surface area contributed by atoms with Gasteiger partial charge in [-0.1, -0.05) is 182 Å². The van der Waals surface area contributed by atoms with Crippen molar-refractivity contribution in [1.82, 2.24) is 9.88 Å². The molecule has 294 valence electrons. The maximum Gasteiger partial charge on any atom is 0.209 e. The minimum Gasteiger partial charge on any atom is -0.456 e. The molecule has 3 heterocycles. The normalized spacial score (nSPS) is 16.3. The summed E-state index contributed by atoms with van der Waals surface area (Å²) in [5.41, 5.74) is 17.6. The van der Waals surface area contributed by atoms with Crippen molar-refractivity contribution in [3.05, 3.63) is 251 Å². The molecule has 4 nitrogen and oxygen atoms in total. The summed E-state index contributed by atoms with van der Waals surface area (Å²) in [6.45, 7) is 0. The zero-order valence-corrected chi connectivity index (χ0v) is 34.1. The van der Waals surface area contributed by atoms with Crippen LogP contribution in [0.4, 0.5) is 0 Å². The summed E-state index contributed by atoms with van der Waals surface area (Å²) >= 11 is 0. The summed E-state index contributed by atoms with van der Waals surface area (Å²) in [5.74, 6) is 2.39. The van der Waals surface area contributed by atoms with Crippen LogP contribution in [0.25, 0.3) is 77.4 Å². The number of nitrogens with zero attached hydrogens (tertiary/aromatic N) is 2. The molecular weight excluding hydrogens is 767 g/mol. The zero-order chi connectivity index (χ0) is 41.2. The van der Waals surface area contributed by atoms with Crippen molar-refractivity contribution in [2.75, 3.05) is 0 Å². The van der Waals surface area contributed by atoms with Gasteiger partial charge in [-0.05, 0) is 96.7 Å². The molecule has 0 bridgehead atoms. The standard InChI is InChI=1S/C59H37N3O/c1-3-16-37(17-4-1)54-35-51-57(63-54)56(38-18-5-2-6-19-38)61-58(60-51)62-52-31-29-39(33-46(52)55-41-20-8-7-15-36(41)28-32-53(55)62)40-27-30-45-44-23-11-14-26-49(44)59(50(45)34-40)47-24-12-9-21-42(47)43-22-10-13-25-48(43)59/h1-35,51H,(H,60,61)/t51-/m1/s1. The molecule has 4 aliphatic rings. The summed E-state index contributed by atoms with van der Waals surface area (Å²) in [6.07, 6.45) is 2.18. The van der Waals surface area contributed by atoms with E-state index in [1.807, 2.05) is 24.3 Å². The van der Waals surface area contributed by atoms with E-state index in [-0.39, 0.29) is 6.04 Å². The third-order valence-electron chi connectivity index (χ3n) is 13.9. The molecule has 4 heteroatoms. The second-order valence-corrected chi connectivity index (χ2v) is 17.0. The molecular formula is C59H37N3O. The molecule has 1 aromatic heterocycles. The lowest BCUT2D eigenvalue weighted by molar-refractivity contribution is 0.379. The van der Waals surface area contributed by atoms with Crippen LogP contribution < -0.4 is 5.32 Å². The largest absolute Gasteiger partial charge is 0.456 e. The highest BCUT2D eigenvalue weighted by atomic mass is 16.5. The predicted octanol–water partition coefficient (Wildman–Crippen LogP) is 13.6. The molecule has 0 saturated heterocycles. The Kier molecular flexibility index (Phi) is 7.06. The molecule has 1 N–H and O–H groups in total. The maximum absolute atomic E-state index is 6.67. The van der Waals surface area contributed by atoms with Crippen LogP contribution in [-0.2, 0) is 10.2 Å². The van der Waals surface area contributed by atoms with Crippen molar-refractivity contribution < 1.29 is 4.74 Å². The van der Waals surface area contributed by atoms with Gasteiger partial charge in [-0.25, -0.2) is 4.99 Å². The second-order valence-electron chi connectivity index (χ2n) is 17.0. The molecule has 10 aromatic rings. The number of rotatable bonds is 3. The van der Waals surface area contributed by atoms with Crippen LogP contribution >= 0.6 is 0 Å². The molecule has 0 unspecified atom stereocenters. The van der Waals surface area contributed by atoms with Crippen LogP contribution in [0.1, 0.15) is 33.4 Å². The lowest BCUT2D eigenvalue weighted by atomic mass is 9.70. The van der Waals surface area contributed by atoms with Crippen LogP contribution in [0.3, 0.4) is 0 Å². The summed E-state index contributed by atoms with van der Waals surface area (Å²) in [7, 11) is 0. The van der Waals surface area contributed by atoms with Gasteiger partial charge in [0.15, 0.2) is 5.76 Å².